The Hall–Kier alpha value is -0.830. The number of aryl methyl sites for hydroxylation is 1. The zero-order valence-corrected chi connectivity index (χ0v) is 13.5. The zero-order chi connectivity index (χ0) is 14.0. The summed E-state index contributed by atoms with van der Waals surface area (Å²) in [5, 5.41) is 3.21. The van der Waals surface area contributed by atoms with Crippen LogP contribution in [-0.4, -0.2) is 11.9 Å². The van der Waals surface area contributed by atoms with E-state index in [2.05, 4.69) is 35.1 Å². The van der Waals surface area contributed by atoms with Crippen LogP contribution in [0.4, 0.5) is 0 Å². The topological polar surface area (TPSA) is 29.1 Å². The molecule has 3 heteroatoms. The molecule has 0 heterocycles. The molecule has 1 amide bonds. The quantitative estimate of drug-likeness (QED) is 0.863. The van der Waals surface area contributed by atoms with Crippen LogP contribution in [0.15, 0.2) is 22.7 Å². The van der Waals surface area contributed by atoms with Gasteiger partial charge in [-0.1, -0.05) is 42.6 Å². The maximum absolute atomic E-state index is 12.3. The summed E-state index contributed by atoms with van der Waals surface area (Å²) in [7, 11) is 0. The molecule has 2 nitrogen and oxygen atoms in total. The largest absolute Gasteiger partial charge is 0.349 e. The molecule has 1 fully saturated rings. The molecule has 0 radical (unpaired) electrons. The number of carbonyl (C=O) groups excluding carboxylic acids is 1. The second kappa shape index (κ2) is 6.08. The van der Waals surface area contributed by atoms with Crippen molar-refractivity contribution in [3.05, 3.63) is 33.8 Å². The predicted octanol–water partition coefficient (Wildman–Crippen LogP) is 4.31. The molecule has 1 aliphatic rings. The third-order valence-corrected chi connectivity index (χ3v) is 5.33. The molecule has 1 aliphatic carbocycles. The molecular weight excluding hydrogens is 302 g/mol. The molecular formula is C16H22BrNO. The summed E-state index contributed by atoms with van der Waals surface area (Å²) in [6, 6.07) is 6.08. The van der Waals surface area contributed by atoms with Gasteiger partial charge in [-0.25, -0.2) is 0 Å². The lowest BCUT2D eigenvalue weighted by atomic mass is 9.78. The SMILES string of the molecule is Cc1cc(C(=O)NC2CCCC(C)C2C)ccc1Br. The second-order valence-corrected chi connectivity index (χ2v) is 6.67. The Balaban J connectivity index is 2.06. The molecule has 0 spiro atoms. The van der Waals surface area contributed by atoms with Gasteiger partial charge in [-0.2, -0.15) is 0 Å². The molecule has 1 aromatic carbocycles. The molecule has 1 aromatic rings. The number of benzene rings is 1. The molecule has 2 rings (SSSR count). The van der Waals surface area contributed by atoms with Crippen LogP contribution in [0.25, 0.3) is 0 Å². The van der Waals surface area contributed by atoms with Crippen LogP contribution in [0.3, 0.4) is 0 Å². The van der Waals surface area contributed by atoms with Crippen molar-refractivity contribution in [2.75, 3.05) is 0 Å². The van der Waals surface area contributed by atoms with E-state index >= 15 is 0 Å². The lowest BCUT2D eigenvalue weighted by Gasteiger charge is -2.34. The molecule has 19 heavy (non-hydrogen) atoms. The van der Waals surface area contributed by atoms with Crippen molar-refractivity contribution in [3.63, 3.8) is 0 Å². The van der Waals surface area contributed by atoms with Gasteiger partial charge in [0, 0.05) is 16.1 Å². The normalized spacial score (nSPS) is 27.1. The summed E-state index contributed by atoms with van der Waals surface area (Å²) in [5.41, 5.74) is 1.85. The Morgan fingerprint density at radius 3 is 2.74 bits per heavy atom. The molecule has 0 aromatic heterocycles. The molecule has 104 valence electrons. The molecule has 3 unspecified atom stereocenters. The van der Waals surface area contributed by atoms with Crippen LogP contribution in [0.5, 0.6) is 0 Å². The van der Waals surface area contributed by atoms with Gasteiger partial charge in [0.2, 0.25) is 0 Å². The van der Waals surface area contributed by atoms with Crippen molar-refractivity contribution in [2.45, 2.75) is 46.1 Å². The molecule has 1 N–H and O–H groups in total. The minimum Gasteiger partial charge on any atom is -0.349 e. The minimum atomic E-state index is 0.0570. The van der Waals surface area contributed by atoms with Crippen molar-refractivity contribution in [1.29, 1.82) is 0 Å². The zero-order valence-electron chi connectivity index (χ0n) is 11.9. The number of hydrogen-bond acceptors (Lipinski definition) is 1. The third-order valence-electron chi connectivity index (χ3n) is 4.44. The van der Waals surface area contributed by atoms with Crippen LogP contribution in [0.2, 0.25) is 0 Å². The number of amides is 1. The van der Waals surface area contributed by atoms with Gasteiger partial charge in [-0.3, -0.25) is 4.79 Å². The monoisotopic (exact) mass is 323 g/mol. The number of halogens is 1. The van der Waals surface area contributed by atoms with Gasteiger partial charge >= 0.3 is 0 Å². The van der Waals surface area contributed by atoms with Gasteiger partial charge < -0.3 is 5.32 Å². The van der Waals surface area contributed by atoms with Gasteiger partial charge in [0.05, 0.1) is 0 Å². The lowest BCUT2D eigenvalue weighted by molar-refractivity contribution is 0.0891. The Labute approximate surface area is 124 Å². The maximum Gasteiger partial charge on any atom is 0.251 e. The van der Waals surface area contributed by atoms with Gasteiger partial charge in [0.25, 0.3) is 5.91 Å². The Bertz CT molecular complexity index is 472. The van der Waals surface area contributed by atoms with E-state index in [1.165, 1.54) is 12.8 Å². The minimum absolute atomic E-state index is 0.0570. The molecule has 1 saturated carbocycles. The highest BCUT2D eigenvalue weighted by Gasteiger charge is 2.28. The van der Waals surface area contributed by atoms with Crippen molar-refractivity contribution in [1.82, 2.24) is 5.32 Å². The van der Waals surface area contributed by atoms with E-state index in [1.54, 1.807) is 0 Å². The fraction of sp³-hybridized carbons (Fsp3) is 0.562. The third kappa shape index (κ3) is 3.38. The van der Waals surface area contributed by atoms with E-state index in [9.17, 15) is 4.79 Å². The van der Waals surface area contributed by atoms with E-state index in [1.807, 2.05) is 25.1 Å². The second-order valence-electron chi connectivity index (χ2n) is 5.81. The highest BCUT2D eigenvalue weighted by molar-refractivity contribution is 9.10. The Morgan fingerprint density at radius 1 is 1.32 bits per heavy atom. The lowest BCUT2D eigenvalue weighted by Crippen LogP contribution is -2.43. The maximum atomic E-state index is 12.3. The number of rotatable bonds is 2. The average Bonchev–Trinajstić information content (AvgIpc) is 2.38. The van der Waals surface area contributed by atoms with Crippen LogP contribution in [0.1, 0.15) is 49.0 Å². The van der Waals surface area contributed by atoms with Crippen molar-refractivity contribution in [2.24, 2.45) is 11.8 Å². The molecule has 0 bridgehead atoms. The van der Waals surface area contributed by atoms with Crippen LogP contribution in [-0.2, 0) is 0 Å². The predicted molar refractivity (Wildman–Crippen MR) is 82.3 cm³/mol. The number of carbonyl (C=O) groups is 1. The van der Waals surface area contributed by atoms with E-state index in [0.717, 1.165) is 22.0 Å². The van der Waals surface area contributed by atoms with Gasteiger partial charge in [0.15, 0.2) is 0 Å². The number of nitrogens with one attached hydrogen (secondary N) is 1. The summed E-state index contributed by atoms with van der Waals surface area (Å²) >= 11 is 3.46. The van der Waals surface area contributed by atoms with Crippen LogP contribution in [0, 0.1) is 18.8 Å². The summed E-state index contributed by atoms with van der Waals surface area (Å²) in [5.74, 6) is 1.32. The highest BCUT2D eigenvalue weighted by atomic mass is 79.9. The van der Waals surface area contributed by atoms with E-state index in [4.69, 9.17) is 0 Å². The van der Waals surface area contributed by atoms with Crippen molar-refractivity contribution >= 4 is 21.8 Å². The van der Waals surface area contributed by atoms with E-state index in [-0.39, 0.29) is 5.91 Å². The first-order chi connectivity index (χ1) is 8.99. The highest BCUT2D eigenvalue weighted by Crippen LogP contribution is 2.29. The molecule has 0 aliphatic heterocycles. The van der Waals surface area contributed by atoms with Crippen LogP contribution >= 0.6 is 15.9 Å². The Kier molecular flexibility index (Phi) is 4.67. The summed E-state index contributed by atoms with van der Waals surface area (Å²) in [6.45, 7) is 6.54. The first-order valence-electron chi connectivity index (χ1n) is 7.06. The van der Waals surface area contributed by atoms with Gasteiger partial charge in [-0.15, -0.1) is 0 Å². The van der Waals surface area contributed by atoms with E-state index < -0.39 is 0 Å². The van der Waals surface area contributed by atoms with Gasteiger partial charge in [-0.05, 0) is 48.9 Å². The molecule has 0 saturated heterocycles. The summed E-state index contributed by atoms with van der Waals surface area (Å²) in [4.78, 5) is 12.3. The standard InChI is InChI=1S/C16H22BrNO/c1-10-5-4-6-15(12(10)3)18-16(19)13-7-8-14(17)11(2)9-13/h7-10,12,15H,4-6H2,1-3H3,(H,18,19). The Morgan fingerprint density at radius 2 is 2.05 bits per heavy atom. The van der Waals surface area contributed by atoms with E-state index in [0.29, 0.717) is 17.9 Å². The van der Waals surface area contributed by atoms with Gasteiger partial charge in [0.1, 0.15) is 0 Å². The fourth-order valence-corrected chi connectivity index (χ4v) is 3.07. The summed E-state index contributed by atoms with van der Waals surface area (Å²) in [6.07, 6.45) is 3.60. The van der Waals surface area contributed by atoms with Crippen molar-refractivity contribution < 1.29 is 4.79 Å². The fourth-order valence-electron chi connectivity index (χ4n) is 2.82. The number of hydrogen-bond donors (Lipinski definition) is 1. The first kappa shape index (κ1) is 14.6. The first-order valence-corrected chi connectivity index (χ1v) is 7.85. The summed E-state index contributed by atoms with van der Waals surface area (Å²) < 4.78 is 1.05. The van der Waals surface area contributed by atoms with Crippen LogP contribution < -0.4 is 5.32 Å². The molecule has 3 atom stereocenters. The average molecular weight is 324 g/mol. The smallest absolute Gasteiger partial charge is 0.251 e. The van der Waals surface area contributed by atoms with Crippen molar-refractivity contribution in [3.8, 4) is 0 Å².